The second-order valence-corrected chi connectivity index (χ2v) is 4.50. The van der Waals surface area contributed by atoms with Crippen molar-refractivity contribution in [3.63, 3.8) is 0 Å². The lowest BCUT2D eigenvalue weighted by Gasteiger charge is -2.33. The van der Waals surface area contributed by atoms with Gasteiger partial charge in [0.2, 0.25) is 0 Å². The molecule has 0 aromatic carbocycles. The van der Waals surface area contributed by atoms with E-state index in [9.17, 15) is 0 Å². The fourth-order valence-electron chi connectivity index (χ4n) is 2.19. The van der Waals surface area contributed by atoms with Crippen molar-refractivity contribution in [3.05, 3.63) is 0 Å². The van der Waals surface area contributed by atoms with Gasteiger partial charge in [-0.05, 0) is 25.8 Å². The lowest BCUT2D eigenvalue weighted by atomic mass is 9.95. The van der Waals surface area contributed by atoms with Crippen molar-refractivity contribution in [1.82, 2.24) is 10.6 Å². The first-order chi connectivity index (χ1) is 6.74. The monoisotopic (exact) mass is 200 g/mol. The summed E-state index contributed by atoms with van der Waals surface area (Å²) in [5, 5.41) is 16.1. The predicted octanol–water partition coefficient (Wildman–Crippen LogP) is 0.877. The molecule has 14 heavy (non-hydrogen) atoms. The average Bonchev–Trinajstić information content (AvgIpc) is 2.18. The maximum atomic E-state index is 9.01. The van der Waals surface area contributed by atoms with E-state index in [-0.39, 0.29) is 6.61 Å². The summed E-state index contributed by atoms with van der Waals surface area (Å²) in [6, 6.07) is 1.48. The molecule has 0 spiro atoms. The van der Waals surface area contributed by atoms with Crippen LogP contribution >= 0.6 is 0 Å². The van der Waals surface area contributed by atoms with Crippen LogP contribution in [0.2, 0.25) is 0 Å². The van der Waals surface area contributed by atoms with Crippen LogP contribution in [0.1, 0.15) is 39.5 Å². The standard InChI is InChI=1S/C11H24N2O/c1-9(2)13-11(6-8-14)10-5-3-4-7-12-10/h9-14H,3-8H2,1-2H3/t10-,11+/m0/s1. The van der Waals surface area contributed by atoms with E-state index in [2.05, 4.69) is 24.5 Å². The van der Waals surface area contributed by atoms with Crippen molar-refractivity contribution in [2.45, 2.75) is 57.7 Å². The van der Waals surface area contributed by atoms with E-state index < -0.39 is 0 Å². The zero-order chi connectivity index (χ0) is 10.4. The molecule has 0 radical (unpaired) electrons. The van der Waals surface area contributed by atoms with Crippen molar-refractivity contribution in [2.75, 3.05) is 13.2 Å². The average molecular weight is 200 g/mol. The third-order valence-electron chi connectivity index (χ3n) is 2.82. The fraction of sp³-hybridized carbons (Fsp3) is 1.00. The fourth-order valence-corrected chi connectivity index (χ4v) is 2.19. The summed E-state index contributed by atoms with van der Waals surface area (Å²) >= 11 is 0. The Morgan fingerprint density at radius 3 is 2.71 bits per heavy atom. The largest absolute Gasteiger partial charge is 0.396 e. The SMILES string of the molecule is CC(C)N[C@H](CCO)[C@@H]1CCCCN1. The van der Waals surface area contributed by atoms with Gasteiger partial charge in [0, 0.05) is 24.7 Å². The Bertz CT molecular complexity index is 144. The summed E-state index contributed by atoms with van der Waals surface area (Å²) < 4.78 is 0. The van der Waals surface area contributed by atoms with Crippen LogP contribution in [0.5, 0.6) is 0 Å². The van der Waals surface area contributed by atoms with E-state index in [4.69, 9.17) is 5.11 Å². The van der Waals surface area contributed by atoms with Crippen LogP contribution in [0, 0.1) is 0 Å². The predicted molar refractivity (Wildman–Crippen MR) is 59.4 cm³/mol. The van der Waals surface area contributed by atoms with Gasteiger partial charge in [0.25, 0.3) is 0 Å². The van der Waals surface area contributed by atoms with Crippen LogP contribution in [-0.2, 0) is 0 Å². The van der Waals surface area contributed by atoms with Crippen molar-refractivity contribution in [3.8, 4) is 0 Å². The number of nitrogens with one attached hydrogen (secondary N) is 2. The minimum absolute atomic E-state index is 0.280. The molecule has 0 saturated carbocycles. The smallest absolute Gasteiger partial charge is 0.0446 e. The number of hydrogen-bond acceptors (Lipinski definition) is 3. The van der Waals surface area contributed by atoms with E-state index in [1.165, 1.54) is 19.3 Å². The van der Waals surface area contributed by atoms with E-state index in [1.54, 1.807) is 0 Å². The summed E-state index contributed by atoms with van der Waals surface area (Å²) in [4.78, 5) is 0. The molecule has 1 heterocycles. The van der Waals surface area contributed by atoms with Gasteiger partial charge >= 0.3 is 0 Å². The topological polar surface area (TPSA) is 44.3 Å². The molecule has 3 heteroatoms. The Labute approximate surface area is 87.3 Å². The van der Waals surface area contributed by atoms with E-state index in [0.29, 0.717) is 18.1 Å². The van der Waals surface area contributed by atoms with E-state index >= 15 is 0 Å². The van der Waals surface area contributed by atoms with Crippen LogP contribution in [0.3, 0.4) is 0 Å². The molecule has 1 fully saturated rings. The van der Waals surface area contributed by atoms with Crippen molar-refractivity contribution in [1.29, 1.82) is 0 Å². The van der Waals surface area contributed by atoms with Crippen molar-refractivity contribution < 1.29 is 5.11 Å². The van der Waals surface area contributed by atoms with Gasteiger partial charge in [0.15, 0.2) is 0 Å². The molecule has 1 aliphatic heterocycles. The highest BCUT2D eigenvalue weighted by Gasteiger charge is 2.22. The Morgan fingerprint density at radius 1 is 1.43 bits per heavy atom. The van der Waals surface area contributed by atoms with Crippen molar-refractivity contribution >= 4 is 0 Å². The first-order valence-electron chi connectivity index (χ1n) is 5.84. The Morgan fingerprint density at radius 2 is 2.21 bits per heavy atom. The molecule has 0 aromatic rings. The van der Waals surface area contributed by atoms with Gasteiger partial charge < -0.3 is 15.7 Å². The minimum Gasteiger partial charge on any atom is -0.396 e. The zero-order valence-electron chi connectivity index (χ0n) is 9.42. The van der Waals surface area contributed by atoms with Crippen LogP contribution in [-0.4, -0.2) is 36.4 Å². The molecule has 2 atom stereocenters. The number of aliphatic hydroxyl groups is 1. The second-order valence-electron chi connectivity index (χ2n) is 4.50. The summed E-state index contributed by atoms with van der Waals surface area (Å²) in [5.74, 6) is 0. The molecular formula is C11H24N2O. The van der Waals surface area contributed by atoms with Gasteiger partial charge in [-0.2, -0.15) is 0 Å². The molecule has 0 aromatic heterocycles. The lowest BCUT2D eigenvalue weighted by molar-refractivity contribution is 0.222. The van der Waals surface area contributed by atoms with Crippen molar-refractivity contribution in [2.24, 2.45) is 0 Å². The van der Waals surface area contributed by atoms with E-state index in [0.717, 1.165) is 13.0 Å². The van der Waals surface area contributed by atoms with E-state index in [1.807, 2.05) is 0 Å². The highest BCUT2D eigenvalue weighted by atomic mass is 16.3. The zero-order valence-corrected chi connectivity index (χ0v) is 9.42. The second kappa shape index (κ2) is 6.38. The Kier molecular flexibility index (Phi) is 5.45. The van der Waals surface area contributed by atoms with Gasteiger partial charge in [-0.25, -0.2) is 0 Å². The summed E-state index contributed by atoms with van der Waals surface area (Å²) in [6.45, 7) is 5.73. The molecular weight excluding hydrogens is 176 g/mol. The van der Waals surface area contributed by atoms with Gasteiger partial charge in [-0.1, -0.05) is 20.3 Å². The number of rotatable bonds is 5. The normalized spacial score (nSPS) is 25.3. The summed E-state index contributed by atoms with van der Waals surface area (Å²) in [5.41, 5.74) is 0. The molecule has 3 N–H and O–H groups in total. The molecule has 1 saturated heterocycles. The third kappa shape index (κ3) is 3.95. The molecule has 0 bridgehead atoms. The molecule has 1 rings (SSSR count). The first kappa shape index (κ1) is 12.0. The van der Waals surface area contributed by atoms with Gasteiger partial charge in [0.1, 0.15) is 0 Å². The summed E-state index contributed by atoms with van der Waals surface area (Å²) in [7, 11) is 0. The van der Waals surface area contributed by atoms with Gasteiger partial charge in [0.05, 0.1) is 0 Å². The Balaban J connectivity index is 2.38. The van der Waals surface area contributed by atoms with Crippen LogP contribution in [0.15, 0.2) is 0 Å². The highest BCUT2D eigenvalue weighted by molar-refractivity contribution is 4.85. The first-order valence-corrected chi connectivity index (χ1v) is 5.84. The molecule has 1 aliphatic rings. The lowest BCUT2D eigenvalue weighted by Crippen LogP contribution is -2.52. The number of hydrogen-bond donors (Lipinski definition) is 3. The number of aliphatic hydroxyl groups excluding tert-OH is 1. The Hall–Kier alpha value is -0.120. The van der Waals surface area contributed by atoms with Crippen LogP contribution in [0.25, 0.3) is 0 Å². The quantitative estimate of drug-likeness (QED) is 0.617. The number of piperidine rings is 1. The van der Waals surface area contributed by atoms with Gasteiger partial charge in [-0.15, -0.1) is 0 Å². The minimum atomic E-state index is 0.280. The van der Waals surface area contributed by atoms with Crippen LogP contribution < -0.4 is 10.6 Å². The highest BCUT2D eigenvalue weighted by Crippen LogP contribution is 2.13. The summed E-state index contributed by atoms with van der Waals surface area (Å²) in [6.07, 6.45) is 4.71. The molecule has 84 valence electrons. The maximum Gasteiger partial charge on any atom is 0.0446 e. The molecule has 0 aliphatic carbocycles. The molecule has 0 unspecified atom stereocenters. The maximum absolute atomic E-state index is 9.01. The third-order valence-corrected chi connectivity index (χ3v) is 2.82. The van der Waals surface area contributed by atoms with Crippen LogP contribution in [0.4, 0.5) is 0 Å². The van der Waals surface area contributed by atoms with Gasteiger partial charge in [-0.3, -0.25) is 0 Å². The molecule has 0 amide bonds. The molecule has 3 nitrogen and oxygen atoms in total.